The molecule has 9 nitrogen and oxygen atoms in total. The number of alkyl halides is 2. The number of benzene rings is 1. The second-order valence-electron chi connectivity index (χ2n) is 6.18. The van der Waals surface area contributed by atoms with Crippen LogP contribution < -0.4 is 10.5 Å². The predicted molar refractivity (Wildman–Crippen MR) is 97.3 cm³/mol. The van der Waals surface area contributed by atoms with Gasteiger partial charge in [0.15, 0.2) is 11.6 Å². The quantitative estimate of drug-likeness (QED) is 0.632. The van der Waals surface area contributed by atoms with Gasteiger partial charge < -0.3 is 5.73 Å². The Morgan fingerprint density at radius 1 is 1.32 bits per heavy atom. The molecule has 0 atom stereocenters. The van der Waals surface area contributed by atoms with Gasteiger partial charge >= 0.3 is 0 Å². The van der Waals surface area contributed by atoms with E-state index in [0.717, 1.165) is 0 Å². The highest BCUT2D eigenvalue weighted by molar-refractivity contribution is 7.89. The van der Waals surface area contributed by atoms with Crippen LogP contribution >= 0.6 is 0 Å². The molecule has 0 radical (unpaired) electrons. The molecule has 0 fully saturated rings. The average Bonchev–Trinajstić information content (AvgIpc) is 3.15. The van der Waals surface area contributed by atoms with Crippen LogP contribution in [0.5, 0.6) is 0 Å². The van der Waals surface area contributed by atoms with Gasteiger partial charge in [0.1, 0.15) is 12.7 Å². The maximum absolute atomic E-state index is 13.0. The number of sulfonamides is 1. The molecule has 3 aromatic rings. The summed E-state index contributed by atoms with van der Waals surface area (Å²) in [6.45, 7) is 1.38. The van der Waals surface area contributed by atoms with Gasteiger partial charge in [0.05, 0.1) is 23.3 Å². The van der Waals surface area contributed by atoms with Crippen LogP contribution in [-0.4, -0.2) is 45.6 Å². The summed E-state index contributed by atoms with van der Waals surface area (Å²) in [6, 6.07) is 4.23. The van der Waals surface area contributed by atoms with Crippen LogP contribution in [0, 0.1) is 6.92 Å². The van der Waals surface area contributed by atoms with Crippen molar-refractivity contribution in [2.24, 2.45) is 0 Å². The molecule has 0 spiro atoms. The molecule has 1 aromatic carbocycles. The molecule has 0 saturated carbocycles. The lowest BCUT2D eigenvalue weighted by Gasteiger charge is -2.14. The van der Waals surface area contributed by atoms with E-state index in [0.29, 0.717) is 23.7 Å². The first kappa shape index (κ1) is 19.8. The molecule has 0 bridgehead atoms. The van der Waals surface area contributed by atoms with Crippen molar-refractivity contribution in [2.75, 3.05) is 12.3 Å². The Kier molecular flexibility index (Phi) is 5.08. The highest BCUT2D eigenvalue weighted by Gasteiger charge is 2.25. The van der Waals surface area contributed by atoms with E-state index >= 15 is 0 Å². The van der Waals surface area contributed by atoms with E-state index in [9.17, 15) is 17.2 Å². The van der Waals surface area contributed by atoms with Crippen LogP contribution in [0.4, 0.5) is 14.6 Å². The van der Waals surface area contributed by atoms with Crippen LogP contribution in [0.3, 0.4) is 0 Å². The van der Waals surface area contributed by atoms with Crippen molar-refractivity contribution in [3.63, 3.8) is 0 Å². The Balaban J connectivity index is 2.02. The maximum Gasteiger partial charge on any atom is 0.258 e. The summed E-state index contributed by atoms with van der Waals surface area (Å²) in [6.07, 6.45) is 4.09. The van der Waals surface area contributed by atoms with Crippen molar-refractivity contribution >= 4 is 15.8 Å². The molecule has 0 amide bonds. The minimum atomic E-state index is -4.13. The van der Waals surface area contributed by atoms with E-state index < -0.39 is 22.5 Å². The van der Waals surface area contributed by atoms with Gasteiger partial charge in [-0.1, -0.05) is 6.07 Å². The minimum absolute atomic E-state index is 0.113. The second kappa shape index (κ2) is 7.20. The lowest BCUT2D eigenvalue weighted by Crippen LogP contribution is -2.34. The van der Waals surface area contributed by atoms with E-state index in [-0.39, 0.29) is 16.5 Å². The molecule has 0 aliphatic heterocycles. The molecule has 148 valence electrons. The Morgan fingerprint density at radius 3 is 2.71 bits per heavy atom. The third-order valence-electron chi connectivity index (χ3n) is 3.79. The number of anilines is 1. The van der Waals surface area contributed by atoms with E-state index in [4.69, 9.17) is 5.73 Å². The van der Waals surface area contributed by atoms with Crippen LogP contribution in [0.1, 0.15) is 12.5 Å². The number of hydrogen-bond acceptors (Lipinski definition) is 7. The SMILES string of the molecule is Cc1ccc(S(=O)(=O)NCC(C)(F)F)cc1-c1cnc(N)c(-n2cncn2)n1. The molecule has 0 saturated heterocycles. The zero-order valence-corrected chi connectivity index (χ0v) is 15.8. The third-order valence-corrected chi connectivity index (χ3v) is 5.18. The van der Waals surface area contributed by atoms with E-state index in [1.54, 1.807) is 13.0 Å². The Labute approximate surface area is 159 Å². The van der Waals surface area contributed by atoms with Gasteiger partial charge in [-0.3, -0.25) is 0 Å². The van der Waals surface area contributed by atoms with Gasteiger partial charge in [0.2, 0.25) is 10.0 Å². The van der Waals surface area contributed by atoms with Gasteiger partial charge in [0.25, 0.3) is 5.92 Å². The van der Waals surface area contributed by atoms with E-state index in [1.165, 1.54) is 35.7 Å². The zero-order valence-electron chi connectivity index (χ0n) is 15.0. The number of aryl methyl sites for hydroxylation is 1. The molecule has 0 aliphatic carbocycles. The fourth-order valence-electron chi connectivity index (χ4n) is 2.35. The zero-order chi connectivity index (χ0) is 20.5. The first-order valence-corrected chi connectivity index (χ1v) is 9.51. The van der Waals surface area contributed by atoms with Crippen molar-refractivity contribution in [3.8, 4) is 17.1 Å². The summed E-state index contributed by atoms with van der Waals surface area (Å²) >= 11 is 0. The fraction of sp³-hybridized carbons (Fsp3) is 0.250. The van der Waals surface area contributed by atoms with Gasteiger partial charge in [-0.15, -0.1) is 0 Å². The normalized spacial score (nSPS) is 12.3. The highest BCUT2D eigenvalue weighted by atomic mass is 32.2. The number of nitrogens with one attached hydrogen (secondary N) is 1. The molecule has 12 heteroatoms. The Hall–Kier alpha value is -2.99. The number of aromatic nitrogens is 5. The highest BCUT2D eigenvalue weighted by Crippen LogP contribution is 2.26. The molecule has 2 aromatic heterocycles. The molecular formula is C16H17F2N7O2S. The number of halogens is 2. The standard InChI is InChI=1S/C16H17F2N7O2S/c1-10-3-4-11(28(26,27)23-7-16(2,17)18)5-12(10)13-6-21-14(19)15(24-13)25-9-20-8-22-25/h3-6,8-9,23H,7H2,1-2H3,(H2,19,21). The summed E-state index contributed by atoms with van der Waals surface area (Å²) in [4.78, 5) is 12.1. The number of nitrogens with zero attached hydrogens (tertiary/aromatic N) is 5. The molecular weight excluding hydrogens is 392 g/mol. The van der Waals surface area contributed by atoms with Crippen LogP contribution in [0.15, 0.2) is 41.9 Å². The maximum atomic E-state index is 13.0. The van der Waals surface area contributed by atoms with Crippen molar-refractivity contribution in [1.82, 2.24) is 29.5 Å². The molecule has 28 heavy (non-hydrogen) atoms. The molecule has 3 rings (SSSR count). The van der Waals surface area contributed by atoms with Crippen molar-refractivity contribution < 1.29 is 17.2 Å². The largest absolute Gasteiger partial charge is 0.381 e. The number of hydrogen-bond donors (Lipinski definition) is 2. The summed E-state index contributed by atoms with van der Waals surface area (Å²) < 4.78 is 54.0. The van der Waals surface area contributed by atoms with E-state index in [1.807, 2.05) is 4.72 Å². The van der Waals surface area contributed by atoms with Gasteiger partial charge in [-0.05, 0) is 24.6 Å². The third kappa shape index (κ3) is 4.28. The lowest BCUT2D eigenvalue weighted by atomic mass is 10.1. The van der Waals surface area contributed by atoms with Crippen molar-refractivity contribution in [1.29, 1.82) is 0 Å². The molecule has 0 unspecified atom stereocenters. The minimum Gasteiger partial charge on any atom is -0.381 e. The molecule has 2 heterocycles. The first-order chi connectivity index (χ1) is 13.1. The van der Waals surface area contributed by atoms with Gasteiger partial charge in [-0.25, -0.2) is 36.9 Å². The van der Waals surface area contributed by atoms with Crippen LogP contribution in [0.2, 0.25) is 0 Å². The summed E-state index contributed by atoms with van der Waals surface area (Å²) in [5.74, 6) is -2.83. The summed E-state index contributed by atoms with van der Waals surface area (Å²) in [5.41, 5.74) is 7.35. The van der Waals surface area contributed by atoms with Gasteiger partial charge in [0, 0.05) is 12.5 Å². The van der Waals surface area contributed by atoms with E-state index in [2.05, 4.69) is 20.1 Å². The first-order valence-electron chi connectivity index (χ1n) is 8.03. The summed E-state index contributed by atoms with van der Waals surface area (Å²) in [7, 11) is -4.13. The topological polar surface area (TPSA) is 129 Å². The molecule has 3 N–H and O–H groups in total. The Bertz CT molecular complexity index is 1100. The number of rotatable bonds is 6. The monoisotopic (exact) mass is 409 g/mol. The smallest absolute Gasteiger partial charge is 0.258 e. The summed E-state index contributed by atoms with van der Waals surface area (Å²) in [5, 5.41) is 3.95. The fourth-order valence-corrected chi connectivity index (χ4v) is 3.48. The van der Waals surface area contributed by atoms with Crippen LogP contribution in [0.25, 0.3) is 17.1 Å². The van der Waals surface area contributed by atoms with Gasteiger partial charge in [-0.2, -0.15) is 9.78 Å². The van der Waals surface area contributed by atoms with Crippen LogP contribution in [-0.2, 0) is 10.0 Å². The number of nitrogens with two attached hydrogens (primary N) is 1. The second-order valence-corrected chi connectivity index (χ2v) is 7.94. The number of nitrogen functional groups attached to an aromatic ring is 1. The van der Waals surface area contributed by atoms with Crippen molar-refractivity contribution in [3.05, 3.63) is 42.6 Å². The van der Waals surface area contributed by atoms with Crippen molar-refractivity contribution in [2.45, 2.75) is 24.7 Å². The predicted octanol–water partition coefficient (Wildman–Crippen LogP) is 1.55. The molecule has 0 aliphatic rings. The average molecular weight is 409 g/mol. The Morgan fingerprint density at radius 2 is 2.07 bits per heavy atom. The lowest BCUT2D eigenvalue weighted by molar-refractivity contribution is 0.0281.